The van der Waals surface area contributed by atoms with Crippen LogP contribution >= 0.6 is 0 Å². The predicted octanol–water partition coefficient (Wildman–Crippen LogP) is 3.01. The molecule has 1 aromatic carbocycles. The van der Waals surface area contributed by atoms with Gasteiger partial charge in [-0.15, -0.1) is 0 Å². The number of hydrogen-bond donors (Lipinski definition) is 0. The third-order valence-electron chi connectivity index (χ3n) is 2.76. The van der Waals surface area contributed by atoms with Gasteiger partial charge in [-0.05, 0) is 18.6 Å². The molecule has 0 spiro atoms. The second-order valence-corrected chi connectivity index (χ2v) is 4.14. The van der Waals surface area contributed by atoms with Crippen LogP contribution < -0.4 is 9.47 Å². The summed E-state index contributed by atoms with van der Waals surface area (Å²) in [5.74, 6) is 1.32. The van der Waals surface area contributed by atoms with E-state index in [9.17, 15) is 0 Å². The number of benzene rings is 1. The monoisotopic (exact) mass is 258 g/mol. The lowest BCUT2D eigenvalue weighted by molar-refractivity contribution is 0.305. The van der Waals surface area contributed by atoms with Gasteiger partial charge in [0.1, 0.15) is 11.5 Å². The highest BCUT2D eigenvalue weighted by molar-refractivity contribution is 5.48. The summed E-state index contributed by atoms with van der Waals surface area (Å²) in [6.07, 6.45) is 2.55. The van der Waals surface area contributed by atoms with Gasteiger partial charge in [0.05, 0.1) is 38.7 Å². The molecule has 1 aromatic rings. The molecule has 0 bridgehead atoms. The Morgan fingerprint density at radius 1 is 1.05 bits per heavy atom. The Morgan fingerprint density at radius 3 is 2.16 bits per heavy atom. The number of nitrogens with zero attached hydrogens (tertiary/aromatic N) is 2. The highest BCUT2D eigenvalue weighted by Crippen LogP contribution is 2.29. The summed E-state index contributed by atoms with van der Waals surface area (Å²) in [5, 5.41) is 17.7. The van der Waals surface area contributed by atoms with Crippen LogP contribution in [-0.2, 0) is 12.8 Å². The zero-order chi connectivity index (χ0) is 14.1. The van der Waals surface area contributed by atoms with Gasteiger partial charge in [0.2, 0.25) is 0 Å². The van der Waals surface area contributed by atoms with Gasteiger partial charge in [-0.1, -0.05) is 13.3 Å². The van der Waals surface area contributed by atoms with E-state index >= 15 is 0 Å². The molecule has 0 saturated carbocycles. The van der Waals surface area contributed by atoms with Crippen LogP contribution in [-0.4, -0.2) is 13.7 Å². The molecule has 0 radical (unpaired) electrons. The largest absolute Gasteiger partial charge is 0.496 e. The van der Waals surface area contributed by atoms with Crippen molar-refractivity contribution in [1.29, 1.82) is 10.5 Å². The van der Waals surface area contributed by atoms with Crippen molar-refractivity contribution in [3.05, 3.63) is 23.3 Å². The summed E-state index contributed by atoms with van der Waals surface area (Å²) in [6, 6.07) is 7.82. The van der Waals surface area contributed by atoms with Crippen molar-refractivity contribution in [3.8, 4) is 23.6 Å². The maximum absolute atomic E-state index is 8.85. The van der Waals surface area contributed by atoms with Crippen LogP contribution in [0, 0.1) is 22.7 Å². The summed E-state index contributed by atoms with van der Waals surface area (Å²) < 4.78 is 10.9. The lowest BCUT2D eigenvalue weighted by Gasteiger charge is -2.14. The molecule has 0 amide bonds. The Kier molecular flexibility index (Phi) is 6.26. The summed E-state index contributed by atoms with van der Waals surface area (Å²) in [6.45, 7) is 2.71. The van der Waals surface area contributed by atoms with Crippen molar-refractivity contribution in [3.63, 3.8) is 0 Å². The van der Waals surface area contributed by atoms with Crippen LogP contribution in [0.15, 0.2) is 12.1 Å². The van der Waals surface area contributed by atoms with E-state index in [0.717, 1.165) is 24.0 Å². The van der Waals surface area contributed by atoms with E-state index in [4.69, 9.17) is 20.0 Å². The van der Waals surface area contributed by atoms with E-state index in [1.807, 2.05) is 6.07 Å². The second kappa shape index (κ2) is 8.00. The average Bonchev–Trinajstić information content (AvgIpc) is 2.42. The zero-order valence-corrected chi connectivity index (χ0v) is 11.4. The molecule has 0 aliphatic carbocycles. The van der Waals surface area contributed by atoms with Gasteiger partial charge >= 0.3 is 0 Å². The molecular formula is C15H18N2O2. The van der Waals surface area contributed by atoms with Crippen LogP contribution in [0.3, 0.4) is 0 Å². The fraction of sp³-hybridized carbons (Fsp3) is 0.467. The van der Waals surface area contributed by atoms with E-state index in [1.54, 1.807) is 13.2 Å². The molecule has 4 nitrogen and oxygen atoms in total. The van der Waals surface area contributed by atoms with E-state index in [0.29, 0.717) is 18.1 Å². The first-order valence-corrected chi connectivity index (χ1v) is 6.33. The molecule has 0 fully saturated rings. The van der Waals surface area contributed by atoms with Gasteiger partial charge in [0, 0.05) is 11.1 Å². The molecule has 0 saturated heterocycles. The smallest absolute Gasteiger partial charge is 0.124 e. The van der Waals surface area contributed by atoms with Crippen molar-refractivity contribution in [1.82, 2.24) is 0 Å². The topological polar surface area (TPSA) is 66.0 Å². The van der Waals surface area contributed by atoms with Crippen LogP contribution in [0.2, 0.25) is 0 Å². The summed E-state index contributed by atoms with van der Waals surface area (Å²) in [7, 11) is 1.56. The van der Waals surface area contributed by atoms with Crippen LogP contribution in [0.4, 0.5) is 0 Å². The van der Waals surface area contributed by atoms with E-state index in [-0.39, 0.29) is 12.8 Å². The Labute approximate surface area is 114 Å². The van der Waals surface area contributed by atoms with Crippen molar-refractivity contribution < 1.29 is 9.47 Å². The first-order valence-electron chi connectivity index (χ1n) is 6.33. The van der Waals surface area contributed by atoms with E-state index < -0.39 is 0 Å². The first kappa shape index (κ1) is 14.9. The molecule has 4 heteroatoms. The summed E-state index contributed by atoms with van der Waals surface area (Å²) in [4.78, 5) is 0. The van der Waals surface area contributed by atoms with Gasteiger partial charge in [0.25, 0.3) is 0 Å². The van der Waals surface area contributed by atoms with E-state index in [1.165, 1.54) is 0 Å². The van der Waals surface area contributed by atoms with Gasteiger partial charge in [0.15, 0.2) is 0 Å². The summed E-state index contributed by atoms with van der Waals surface area (Å²) >= 11 is 0. The standard InChI is InChI=1S/C15H18N2O2/c1-3-4-9-19-15-11-12(5-7-16)14(18-2)10-13(15)6-8-17/h10-11H,3-6,9H2,1-2H3. The van der Waals surface area contributed by atoms with Gasteiger partial charge < -0.3 is 9.47 Å². The third kappa shape index (κ3) is 4.19. The van der Waals surface area contributed by atoms with Crippen molar-refractivity contribution in [2.45, 2.75) is 32.6 Å². The maximum Gasteiger partial charge on any atom is 0.124 e. The zero-order valence-electron chi connectivity index (χ0n) is 11.4. The van der Waals surface area contributed by atoms with Crippen molar-refractivity contribution >= 4 is 0 Å². The molecular weight excluding hydrogens is 240 g/mol. The molecule has 100 valence electrons. The number of unbranched alkanes of at least 4 members (excludes halogenated alkanes) is 1. The molecule has 1 rings (SSSR count). The minimum atomic E-state index is 0.264. The van der Waals surface area contributed by atoms with Gasteiger partial charge in [-0.25, -0.2) is 0 Å². The average molecular weight is 258 g/mol. The number of ether oxygens (including phenoxy) is 2. The lowest BCUT2D eigenvalue weighted by atomic mass is 10.0. The fourth-order valence-electron chi connectivity index (χ4n) is 1.74. The van der Waals surface area contributed by atoms with Crippen LogP contribution in [0.5, 0.6) is 11.5 Å². The number of rotatable bonds is 7. The van der Waals surface area contributed by atoms with Crippen molar-refractivity contribution in [2.24, 2.45) is 0 Å². The molecule has 0 aromatic heterocycles. The SMILES string of the molecule is CCCCOc1cc(CC#N)c(OC)cc1CC#N. The quantitative estimate of drug-likeness (QED) is 0.705. The normalized spacial score (nSPS) is 9.47. The maximum atomic E-state index is 8.85. The summed E-state index contributed by atoms with van der Waals surface area (Å²) in [5.41, 5.74) is 1.59. The molecule has 0 aliphatic rings. The minimum absolute atomic E-state index is 0.264. The molecule has 0 heterocycles. The minimum Gasteiger partial charge on any atom is -0.496 e. The highest BCUT2D eigenvalue weighted by atomic mass is 16.5. The van der Waals surface area contributed by atoms with Crippen LogP contribution in [0.25, 0.3) is 0 Å². The molecule has 0 unspecified atom stereocenters. The second-order valence-electron chi connectivity index (χ2n) is 4.14. The lowest BCUT2D eigenvalue weighted by Crippen LogP contribution is -2.02. The first-order chi connectivity index (χ1) is 9.26. The van der Waals surface area contributed by atoms with Crippen molar-refractivity contribution in [2.75, 3.05) is 13.7 Å². The number of nitriles is 2. The van der Waals surface area contributed by atoms with E-state index in [2.05, 4.69) is 19.1 Å². The third-order valence-corrected chi connectivity index (χ3v) is 2.76. The van der Waals surface area contributed by atoms with Crippen LogP contribution in [0.1, 0.15) is 30.9 Å². The van der Waals surface area contributed by atoms with Gasteiger partial charge in [-0.2, -0.15) is 10.5 Å². The Bertz CT molecular complexity index is 498. The van der Waals surface area contributed by atoms with Gasteiger partial charge in [-0.3, -0.25) is 0 Å². The molecule has 19 heavy (non-hydrogen) atoms. The fourth-order valence-corrected chi connectivity index (χ4v) is 1.74. The highest BCUT2D eigenvalue weighted by Gasteiger charge is 2.11. The predicted molar refractivity (Wildman–Crippen MR) is 72.0 cm³/mol. The molecule has 0 atom stereocenters. The Balaban J connectivity index is 3.06. The Morgan fingerprint density at radius 2 is 1.63 bits per heavy atom. The molecule has 0 N–H and O–H groups in total. The molecule has 0 aliphatic heterocycles. The Hall–Kier alpha value is -2.20. The number of methoxy groups -OCH3 is 1. The number of hydrogen-bond acceptors (Lipinski definition) is 4.